The van der Waals surface area contributed by atoms with Crippen molar-refractivity contribution < 1.29 is 13.9 Å². The lowest BCUT2D eigenvalue weighted by atomic mass is 9.91. The number of aromatic nitrogens is 3. The van der Waals surface area contributed by atoms with Crippen molar-refractivity contribution in [2.45, 2.75) is 37.8 Å². The number of aromatic amines is 1. The van der Waals surface area contributed by atoms with E-state index in [9.17, 15) is 4.39 Å². The Morgan fingerprint density at radius 3 is 2.74 bits per heavy atom. The number of hydrogen-bond donors (Lipinski definition) is 1. The Morgan fingerprint density at radius 2 is 1.96 bits per heavy atom. The van der Waals surface area contributed by atoms with Crippen LogP contribution in [-0.4, -0.2) is 58.3 Å². The lowest BCUT2D eigenvalue weighted by Gasteiger charge is -2.38. The molecule has 1 saturated heterocycles. The molecule has 0 bridgehead atoms. The molecule has 0 amide bonds. The Bertz CT molecular complexity index is 663. The van der Waals surface area contributed by atoms with Gasteiger partial charge < -0.3 is 14.5 Å². The number of hydrogen-bond acceptors (Lipinski definition) is 5. The molecule has 0 spiro atoms. The fourth-order valence-electron chi connectivity index (χ4n) is 3.62. The predicted octanol–water partition coefficient (Wildman–Crippen LogP) is 2.12. The molecular weight excluding hydrogens is 299 g/mol. The highest BCUT2D eigenvalue weighted by Crippen LogP contribution is 2.30. The summed E-state index contributed by atoms with van der Waals surface area (Å²) in [5, 5.41) is 0.350. The first-order valence-electron chi connectivity index (χ1n) is 8.27. The molecule has 0 radical (unpaired) electrons. The van der Waals surface area contributed by atoms with Crippen LogP contribution in [0.3, 0.4) is 0 Å². The van der Waals surface area contributed by atoms with Crippen LogP contribution in [0, 0.1) is 5.82 Å². The molecule has 2 fully saturated rings. The summed E-state index contributed by atoms with van der Waals surface area (Å²) in [5.41, 5.74) is 0.481. The van der Waals surface area contributed by atoms with Gasteiger partial charge in [0.1, 0.15) is 23.5 Å². The van der Waals surface area contributed by atoms with Crippen LogP contribution < -0.4 is 4.74 Å². The molecule has 23 heavy (non-hydrogen) atoms. The molecule has 1 N–H and O–H groups in total. The Morgan fingerprint density at radius 1 is 1.17 bits per heavy atom. The smallest absolute Gasteiger partial charge is 0.229 e. The standard InChI is InChI=1S/C16H21FN4O2/c17-13-9-18-15-14(13)16(20-10-19-15)23-12-3-1-11(2-4-12)21-5-7-22-8-6-21/h9-12H,1-8H2,(H,18,19,20). The zero-order valence-electron chi connectivity index (χ0n) is 13.0. The van der Waals surface area contributed by atoms with Gasteiger partial charge in [-0.3, -0.25) is 4.90 Å². The van der Waals surface area contributed by atoms with Gasteiger partial charge in [-0.2, -0.15) is 0 Å². The van der Waals surface area contributed by atoms with Gasteiger partial charge in [0.2, 0.25) is 5.88 Å². The zero-order chi connectivity index (χ0) is 15.6. The monoisotopic (exact) mass is 320 g/mol. The summed E-state index contributed by atoms with van der Waals surface area (Å²) in [6.45, 7) is 3.72. The van der Waals surface area contributed by atoms with Gasteiger partial charge in [-0.15, -0.1) is 0 Å². The van der Waals surface area contributed by atoms with Crippen molar-refractivity contribution in [2.75, 3.05) is 26.3 Å². The van der Waals surface area contributed by atoms with Gasteiger partial charge in [-0.05, 0) is 25.7 Å². The Hall–Kier alpha value is -1.73. The van der Waals surface area contributed by atoms with Crippen molar-refractivity contribution in [2.24, 2.45) is 0 Å². The van der Waals surface area contributed by atoms with E-state index < -0.39 is 0 Å². The van der Waals surface area contributed by atoms with Crippen LogP contribution in [0.4, 0.5) is 4.39 Å². The summed E-state index contributed by atoms with van der Waals surface area (Å²) in [4.78, 5) is 13.5. The molecule has 0 unspecified atom stereocenters. The van der Waals surface area contributed by atoms with Crippen molar-refractivity contribution in [3.05, 3.63) is 18.3 Å². The quantitative estimate of drug-likeness (QED) is 0.938. The molecular formula is C16H21FN4O2. The number of rotatable bonds is 3. The SMILES string of the molecule is Fc1c[nH]c2ncnc(OC3CCC(N4CCOCC4)CC3)c12. The van der Waals surface area contributed by atoms with E-state index in [4.69, 9.17) is 9.47 Å². The van der Waals surface area contributed by atoms with E-state index in [-0.39, 0.29) is 11.9 Å². The molecule has 1 aliphatic carbocycles. The Balaban J connectivity index is 1.40. The van der Waals surface area contributed by atoms with Gasteiger partial charge in [-0.1, -0.05) is 0 Å². The summed E-state index contributed by atoms with van der Waals surface area (Å²) in [5.74, 6) is -0.0128. The summed E-state index contributed by atoms with van der Waals surface area (Å²) < 4.78 is 25.3. The minimum Gasteiger partial charge on any atom is -0.474 e. The predicted molar refractivity (Wildman–Crippen MR) is 82.9 cm³/mol. The second-order valence-electron chi connectivity index (χ2n) is 6.24. The topological polar surface area (TPSA) is 63.3 Å². The normalized spacial score (nSPS) is 26.5. The number of morpholine rings is 1. The number of fused-ring (bicyclic) bond motifs is 1. The van der Waals surface area contributed by atoms with Crippen LogP contribution in [0.5, 0.6) is 5.88 Å². The van der Waals surface area contributed by atoms with Crippen LogP contribution in [-0.2, 0) is 4.74 Å². The van der Waals surface area contributed by atoms with Gasteiger partial charge in [-0.25, -0.2) is 14.4 Å². The summed E-state index contributed by atoms with van der Waals surface area (Å²) in [6, 6.07) is 0.619. The van der Waals surface area contributed by atoms with E-state index in [2.05, 4.69) is 19.9 Å². The third kappa shape index (κ3) is 3.03. The minimum absolute atomic E-state index is 0.0969. The van der Waals surface area contributed by atoms with E-state index in [1.54, 1.807) is 0 Å². The number of H-pyrrole nitrogens is 1. The lowest BCUT2D eigenvalue weighted by Crippen LogP contribution is -2.46. The fourth-order valence-corrected chi connectivity index (χ4v) is 3.62. The van der Waals surface area contributed by atoms with E-state index in [1.165, 1.54) is 12.5 Å². The van der Waals surface area contributed by atoms with Crippen molar-refractivity contribution in [3.63, 3.8) is 0 Å². The molecule has 2 aromatic heterocycles. The number of halogens is 1. The molecule has 7 heteroatoms. The maximum Gasteiger partial charge on any atom is 0.229 e. The summed E-state index contributed by atoms with van der Waals surface area (Å²) in [6.07, 6.45) is 6.95. The molecule has 2 aliphatic rings. The molecule has 0 atom stereocenters. The summed E-state index contributed by atoms with van der Waals surface area (Å²) >= 11 is 0. The Kier molecular flexibility index (Phi) is 4.13. The largest absolute Gasteiger partial charge is 0.474 e. The van der Waals surface area contributed by atoms with Gasteiger partial charge in [0.25, 0.3) is 0 Å². The lowest BCUT2D eigenvalue weighted by molar-refractivity contribution is -0.00127. The number of ether oxygens (including phenoxy) is 2. The molecule has 124 valence electrons. The molecule has 6 nitrogen and oxygen atoms in total. The zero-order valence-corrected chi connectivity index (χ0v) is 13.0. The van der Waals surface area contributed by atoms with E-state index in [0.29, 0.717) is 23.0 Å². The average molecular weight is 320 g/mol. The highest BCUT2D eigenvalue weighted by atomic mass is 19.1. The average Bonchev–Trinajstić information content (AvgIpc) is 2.99. The molecule has 3 heterocycles. The van der Waals surface area contributed by atoms with Gasteiger partial charge in [0, 0.05) is 25.3 Å². The molecule has 2 aromatic rings. The molecule has 0 aromatic carbocycles. The van der Waals surface area contributed by atoms with Crippen molar-refractivity contribution in [1.82, 2.24) is 19.9 Å². The van der Waals surface area contributed by atoms with Crippen LogP contribution in [0.1, 0.15) is 25.7 Å². The third-order valence-electron chi connectivity index (χ3n) is 4.87. The van der Waals surface area contributed by atoms with Crippen molar-refractivity contribution in [1.29, 1.82) is 0 Å². The summed E-state index contributed by atoms with van der Waals surface area (Å²) in [7, 11) is 0. The highest BCUT2D eigenvalue weighted by Gasteiger charge is 2.28. The van der Waals surface area contributed by atoms with Crippen LogP contribution in [0.15, 0.2) is 12.5 Å². The van der Waals surface area contributed by atoms with Crippen molar-refractivity contribution in [3.8, 4) is 5.88 Å². The molecule has 4 rings (SSSR count). The first-order valence-corrected chi connectivity index (χ1v) is 8.27. The van der Waals surface area contributed by atoms with Gasteiger partial charge in [0.05, 0.1) is 13.2 Å². The van der Waals surface area contributed by atoms with Crippen LogP contribution >= 0.6 is 0 Å². The third-order valence-corrected chi connectivity index (χ3v) is 4.87. The van der Waals surface area contributed by atoms with Crippen molar-refractivity contribution >= 4 is 11.0 Å². The van der Waals surface area contributed by atoms with Gasteiger partial charge >= 0.3 is 0 Å². The Labute approximate surface area is 134 Å². The number of nitrogens with one attached hydrogen (secondary N) is 1. The molecule has 1 aliphatic heterocycles. The second kappa shape index (κ2) is 6.41. The first kappa shape index (κ1) is 14.8. The van der Waals surface area contributed by atoms with E-state index in [1.807, 2.05) is 0 Å². The van der Waals surface area contributed by atoms with E-state index >= 15 is 0 Å². The second-order valence-corrected chi connectivity index (χ2v) is 6.24. The first-order chi connectivity index (χ1) is 11.3. The van der Waals surface area contributed by atoms with Gasteiger partial charge in [0.15, 0.2) is 5.82 Å². The van der Waals surface area contributed by atoms with E-state index in [0.717, 1.165) is 52.0 Å². The van der Waals surface area contributed by atoms with Crippen LogP contribution in [0.25, 0.3) is 11.0 Å². The minimum atomic E-state index is -0.363. The van der Waals surface area contributed by atoms with Crippen LogP contribution in [0.2, 0.25) is 0 Å². The maximum atomic E-state index is 13.9. The highest BCUT2D eigenvalue weighted by molar-refractivity contribution is 5.81. The maximum absolute atomic E-state index is 13.9. The fraction of sp³-hybridized carbons (Fsp3) is 0.625. The number of nitrogens with zero attached hydrogens (tertiary/aromatic N) is 3. The molecule has 1 saturated carbocycles.